The minimum atomic E-state index is -0.107. The third-order valence-corrected chi connectivity index (χ3v) is 4.94. The summed E-state index contributed by atoms with van der Waals surface area (Å²) in [5.41, 5.74) is 4.62. The van der Waals surface area contributed by atoms with Crippen LogP contribution in [0.25, 0.3) is 0 Å². The van der Waals surface area contributed by atoms with Crippen molar-refractivity contribution in [1.82, 2.24) is 10.2 Å². The number of rotatable bonds is 4. The molecule has 1 fully saturated rings. The van der Waals surface area contributed by atoms with E-state index < -0.39 is 0 Å². The fraction of sp³-hybridized carbons (Fsp3) is 0.381. The predicted molar refractivity (Wildman–Crippen MR) is 103 cm³/mol. The van der Waals surface area contributed by atoms with Gasteiger partial charge in [0.25, 0.3) is 0 Å². The summed E-state index contributed by atoms with van der Waals surface area (Å²) in [6, 6.07) is 16.7. The molecule has 132 valence electrons. The van der Waals surface area contributed by atoms with Crippen LogP contribution >= 0.6 is 0 Å². The van der Waals surface area contributed by atoms with Crippen molar-refractivity contribution in [3.8, 4) is 0 Å². The van der Waals surface area contributed by atoms with Gasteiger partial charge < -0.3 is 10.6 Å². The molecule has 0 radical (unpaired) electrons. The van der Waals surface area contributed by atoms with Crippen LogP contribution in [0.5, 0.6) is 0 Å². The smallest absolute Gasteiger partial charge is 0.319 e. The molecule has 0 spiro atoms. The van der Waals surface area contributed by atoms with Crippen molar-refractivity contribution in [1.29, 1.82) is 0 Å². The predicted octanol–water partition coefficient (Wildman–Crippen LogP) is 4.09. The SMILES string of the molecule is Cc1ccc(NC(=O)NC2CCN(Cc3ccccc3)CC2)cc1C. The number of anilines is 1. The zero-order valence-electron chi connectivity index (χ0n) is 15.1. The molecule has 2 amide bonds. The molecule has 25 heavy (non-hydrogen) atoms. The topological polar surface area (TPSA) is 44.4 Å². The molecule has 1 heterocycles. The van der Waals surface area contributed by atoms with E-state index in [1.165, 1.54) is 16.7 Å². The zero-order chi connectivity index (χ0) is 17.6. The molecule has 0 bridgehead atoms. The molecular weight excluding hydrogens is 310 g/mol. The maximum Gasteiger partial charge on any atom is 0.319 e. The van der Waals surface area contributed by atoms with Gasteiger partial charge in [-0.1, -0.05) is 36.4 Å². The molecule has 1 aliphatic heterocycles. The van der Waals surface area contributed by atoms with Gasteiger partial charge in [0.05, 0.1) is 0 Å². The lowest BCUT2D eigenvalue weighted by molar-refractivity contribution is 0.190. The van der Waals surface area contributed by atoms with Crippen LogP contribution < -0.4 is 10.6 Å². The summed E-state index contributed by atoms with van der Waals surface area (Å²) >= 11 is 0. The fourth-order valence-corrected chi connectivity index (χ4v) is 3.25. The Kier molecular flexibility index (Phi) is 5.71. The average molecular weight is 337 g/mol. The molecule has 4 heteroatoms. The monoisotopic (exact) mass is 337 g/mol. The van der Waals surface area contributed by atoms with Crippen molar-refractivity contribution in [2.75, 3.05) is 18.4 Å². The number of piperidine rings is 1. The van der Waals surface area contributed by atoms with Gasteiger partial charge in [-0.3, -0.25) is 4.90 Å². The van der Waals surface area contributed by atoms with Crippen molar-refractivity contribution in [2.45, 2.75) is 39.3 Å². The number of benzene rings is 2. The Morgan fingerprint density at radius 2 is 1.76 bits per heavy atom. The molecule has 2 N–H and O–H groups in total. The number of urea groups is 1. The van der Waals surface area contributed by atoms with Crippen LogP contribution in [0.4, 0.5) is 10.5 Å². The Balaban J connectivity index is 1.43. The van der Waals surface area contributed by atoms with Crippen molar-refractivity contribution >= 4 is 11.7 Å². The van der Waals surface area contributed by atoms with Crippen LogP contribution in [-0.2, 0) is 6.54 Å². The van der Waals surface area contributed by atoms with Gasteiger partial charge in [0.1, 0.15) is 0 Å². The number of amides is 2. The summed E-state index contributed by atoms with van der Waals surface area (Å²) < 4.78 is 0. The molecule has 0 atom stereocenters. The number of carbonyl (C=O) groups excluding carboxylic acids is 1. The number of hydrogen-bond donors (Lipinski definition) is 2. The number of hydrogen-bond acceptors (Lipinski definition) is 2. The van der Waals surface area contributed by atoms with Gasteiger partial charge in [0.2, 0.25) is 0 Å². The Morgan fingerprint density at radius 1 is 1.04 bits per heavy atom. The lowest BCUT2D eigenvalue weighted by Crippen LogP contribution is -2.45. The largest absolute Gasteiger partial charge is 0.335 e. The van der Waals surface area contributed by atoms with E-state index in [2.05, 4.69) is 53.6 Å². The minimum absolute atomic E-state index is 0.107. The summed E-state index contributed by atoms with van der Waals surface area (Å²) in [4.78, 5) is 14.7. The van der Waals surface area contributed by atoms with E-state index in [0.29, 0.717) is 0 Å². The molecule has 0 unspecified atom stereocenters. The number of nitrogens with one attached hydrogen (secondary N) is 2. The molecular formula is C21H27N3O. The maximum atomic E-state index is 12.2. The van der Waals surface area contributed by atoms with Crippen LogP contribution in [0.15, 0.2) is 48.5 Å². The van der Waals surface area contributed by atoms with Crippen molar-refractivity contribution in [3.05, 3.63) is 65.2 Å². The van der Waals surface area contributed by atoms with Gasteiger partial charge in [-0.25, -0.2) is 4.79 Å². The molecule has 0 aromatic heterocycles. The van der Waals surface area contributed by atoms with Crippen molar-refractivity contribution in [3.63, 3.8) is 0 Å². The standard InChI is InChI=1S/C21H27N3O/c1-16-8-9-20(14-17(16)2)23-21(25)22-19-10-12-24(13-11-19)15-18-6-4-3-5-7-18/h3-9,14,19H,10-13,15H2,1-2H3,(H2,22,23,25). The summed E-state index contributed by atoms with van der Waals surface area (Å²) in [5, 5.41) is 6.05. The lowest BCUT2D eigenvalue weighted by atomic mass is 10.0. The Hall–Kier alpha value is -2.33. The summed E-state index contributed by atoms with van der Waals surface area (Å²) in [5.74, 6) is 0. The molecule has 4 nitrogen and oxygen atoms in total. The van der Waals surface area contributed by atoms with Gasteiger partial charge in [0, 0.05) is 31.4 Å². The van der Waals surface area contributed by atoms with Crippen LogP contribution in [0, 0.1) is 13.8 Å². The third-order valence-electron chi connectivity index (χ3n) is 4.94. The Bertz CT molecular complexity index is 706. The highest BCUT2D eigenvalue weighted by atomic mass is 16.2. The van der Waals surface area contributed by atoms with E-state index in [4.69, 9.17) is 0 Å². The van der Waals surface area contributed by atoms with E-state index in [1.54, 1.807) is 0 Å². The normalized spacial score (nSPS) is 15.8. The fourth-order valence-electron chi connectivity index (χ4n) is 3.25. The second-order valence-corrected chi connectivity index (χ2v) is 6.93. The van der Waals surface area contributed by atoms with Gasteiger partial charge in [0.15, 0.2) is 0 Å². The third kappa shape index (κ3) is 5.07. The van der Waals surface area contributed by atoms with Gasteiger partial charge in [-0.15, -0.1) is 0 Å². The summed E-state index contributed by atoms with van der Waals surface area (Å²) in [6.07, 6.45) is 1.99. The summed E-state index contributed by atoms with van der Waals surface area (Å²) in [6.45, 7) is 7.15. The molecule has 1 saturated heterocycles. The highest BCUT2D eigenvalue weighted by Crippen LogP contribution is 2.16. The molecule has 3 rings (SSSR count). The van der Waals surface area contributed by atoms with Crippen molar-refractivity contribution < 1.29 is 4.79 Å². The molecule has 0 saturated carbocycles. The first-order valence-corrected chi connectivity index (χ1v) is 9.01. The van der Waals surface area contributed by atoms with Gasteiger partial charge >= 0.3 is 6.03 Å². The highest BCUT2D eigenvalue weighted by Gasteiger charge is 2.20. The Labute approximate surface area is 150 Å². The zero-order valence-corrected chi connectivity index (χ0v) is 15.1. The molecule has 0 aliphatic carbocycles. The molecule has 2 aromatic rings. The van der Waals surface area contributed by atoms with E-state index in [0.717, 1.165) is 38.2 Å². The second kappa shape index (κ2) is 8.17. The van der Waals surface area contributed by atoms with Crippen LogP contribution in [0.1, 0.15) is 29.5 Å². The minimum Gasteiger partial charge on any atom is -0.335 e. The van der Waals surface area contributed by atoms with E-state index >= 15 is 0 Å². The number of aryl methyl sites for hydroxylation is 2. The average Bonchev–Trinajstić information content (AvgIpc) is 2.61. The quantitative estimate of drug-likeness (QED) is 0.882. The summed E-state index contributed by atoms with van der Waals surface area (Å²) in [7, 11) is 0. The van der Waals surface area contributed by atoms with Gasteiger partial charge in [-0.05, 0) is 55.5 Å². The number of carbonyl (C=O) groups is 1. The maximum absolute atomic E-state index is 12.2. The van der Waals surface area contributed by atoms with E-state index in [9.17, 15) is 4.79 Å². The number of nitrogens with zero attached hydrogens (tertiary/aromatic N) is 1. The van der Waals surface area contributed by atoms with Crippen LogP contribution in [0.3, 0.4) is 0 Å². The first-order valence-electron chi connectivity index (χ1n) is 9.01. The van der Waals surface area contributed by atoms with E-state index in [1.807, 2.05) is 24.3 Å². The first kappa shape index (κ1) is 17.5. The number of likely N-dealkylation sites (tertiary alicyclic amines) is 1. The highest BCUT2D eigenvalue weighted by molar-refractivity contribution is 5.89. The van der Waals surface area contributed by atoms with E-state index in [-0.39, 0.29) is 12.1 Å². The van der Waals surface area contributed by atoms with Crippen LogP contribution in [-0.4, -0.2) is 30.1 Å². The van der Waals surface area contributed by atoms with Crippen molar-refractivity contribution in [2.24, 2.45) is 0 Å². The molecule has 2 aromatic carbocycles. The Morgan fingerprint density at radius 3 is 2.44 bits per heavy atom. The van der Waals surface area contributed by atoms with Crippen LogP contribution in [0.2, 0.25) is 0 Å². The second-order valence-electron chi connectivity index (χ2n) is 6.93. The first-order chi connectivity index (χ1) is 12.1. The molecule has 1 aliphatic rings. The van der Waals surface area contributed by atoms with Gasteiger partial charge in [-0.2, -0.15) is 0 Å². The lowest BCUT2D eigenvalue weighted by Gasteiger charge is -2.32.